The van der Waals surface area contributed by atoms with Crippen molar-refractivity contribution in [3.8, 4) is 5.75 Å². The first-order chi connectivity index (χ1) is 8.04. The standard InChI is InChI=1S/C12H15NO4/c1-2-13-6-10(15)9-5-7(14)3-4-8(9)11(13)12(16)17/h3-5,10-11,14-15H,2,6H2,1H3,(H,16,17)/t10-,11-/m0/s1. The van der Waals surface area contributed by atoms with E-state index in [4.69, 9.17) is 0 Å². The van der Waals surface area contributed by atoms with Gasteiger partial charge in [0, 0.05) is 6.54 Å². The lowest BCUT2D eigenvalue weighted by atomic mass is 9.90. The number of aliphatic hydroxyl groups is 1. The fourth-order valence-electron chi connectivity index (χ4n) is 2.32. The molecule has 0 amide bonds. The Morgan fingerprint density at radius 3 is 2.76 bits per heavy atom. The number of β-amino-alcohol motifs (C(OH)–C–C–N with tert-alkyl or cyclic N) is 1. The second kappa shape index (κ2) is 4.35. The molecule has 0 bridgehead atoms. The zero-order valence-corrected chi connectivity index (χ0v) is 9.50. The monoisotopic (exact) mass is 237 g/mol. The lowest BCUT2D eigenvalue weighted by Crippen LogP contribution is -2.41. The number of fused-ring (bicyclic) bond motifs is 1. The summed E-state index contributed by atoms with van der Waals surface area (Å²) in [5.41, 5.74) is 1.05. The summed E-state index contributed by atoms with van der Waals surface area (Å²) in [4.78, 5) is 13.0. The first-order valence-corrected chi connectivity index (χ1v) is 5.52. The normalized spacial score (nSPS) is 24.4. The highest BCUT2D eigenvalue weighted by Gasteiger charge is 2.35. The summed E-state index contributed by atoms with van der Waals surface area (Å²) < 4.78 is 0. The smallest absolute Gasteiger partial charge is 0.325 e. The van der Waals surface area contributed by atoms with Crippen molar-refractivity contribution in [1.82, 2.24) is 4.90 Å². The van der Waals surface area contributed by atoms with Crippen LogP contribution in [0.2, 0.25) is 0 Å². The predicted molar refractivity (Wildman–Crippen MR) is 60.7 cm³/mol. The van der Waals surface area contributed by atoms with Crippen LogP contribution in [0.3, 0.4) is 0 Å². The van der Waals surface area contributed by atoms with Crippen LogP contribution in [0.1, 0.15) is 30.2 Å². The van der Waals surface area contributed by atoms with Crippen molar-refractivity contribution in [3.05, 3.63) is 29.3 Å². The highest BCUT2D eigenvalue weighted by atomic mass is 16.4. The van der Waals surface area contributed by atoms with Crippen LogP contribution in [0.4, 0.5) is 0 Å². The number of phenols is 1. The summed E-state index contributed by atoms with van der Waals surface area (Å²) in [7, 11) is 0. The molecule has 0 fully saturated rings. The fraction of sp³-hybridized carbons (Fsp3) is 0.417. The van der Waals surface area contributed by atoms with E-state index in [1.807, 2.05) is 6.92 Å². The molecule has 2 atom stereocenters. The molecule has 0 saturated heterocycles. The van der Waals surface area contributed by atoms with E-state index in [1.165, 1.54) is 12.1 Å². The van der Waals surface area contributed by atoms with E-state index in [9.17, 15) is 20.1 Å². The topological polar surface area (TPSA) is 81.0 Å². The van der Waals surface area contributed by atoms with Crippen LogP contribution in [0.25, 0.3) is 0 Å². The van der Waals surface area contributed by atoms with Gasteiger partial charge in [-0.2, -0.15) is 0 Å². The van der Waals surface area contributed by atoms with E-state index in [1.54, 1.807) is 11.0 Å². The van der Waals surface area contributed by atoms with Gasteiger partial charge < -0.3 is 15.3 Å². The lowest BCUT2D eigenvalue weighted by molar-refractivity contribution is -0.144. The second-order valence-electron chi connectivity index (χ2n) is 4.16. The van der Waals surface area contributed by atoms with Crippen LogP contribution >= 0.6 is 0 Å². The van der Waals surface area contributed by atoms with Gasteiger partial charge in [-0.05, 0) is 29.8 Å². The quantitative estimate of drug-likeness (QED) is 0.711. The molecule has 0 unspecified atom stereocenters. The number of hydrogen-bond donors (Lipinski definition) is 3. The maximum absolute atomic E-state index is 11.3. The van der Waals surface area contributed by atoms with Crippen molar-refractivity contribution in [3.63, 3.8) is 0 Å². The Morgan fingerprint density at radius 1 is 1.47 bits per heavy atom. The molecule has 1 aromatic rings. The first-order valence-electron chi connectivity index (χ1n) is 5.52. The van der Waals surface area contributed by atoms with E-state index < -0.39 is 18.1 Å². The Kier molecular flexibility index (Phi) is 3.04. The minimum absolute atomic E-state index is 0.0388. The van der Waals surface area contributed by atoms with E-state index in [0.29, 0.717) is 17.7 Å². The molecule has 5 heteroatoms. The molecular formula is C12H15NO4. The van der Waals surface area contributed by atoms with Crippen LogP contribution in [0.15, 0.2) is 18.2 Å². The zero-order chi connectivity index (χ0) is 12.6. The Bertz CT molecular complexity index is 446. The zero-order valence-electron chi connectivity index (χ0n) is 9.50. The van der Waals surface area contributed by atoms with E-state index in [2.05, 4.69) is 0 Å². The Hall–Kier alpha value is -1.59. The average Bonchev–Trinajstić information content (AvgIpc) is 2.28. The van der Waals surface area contributed by atoms with E-state index >= 15 is 0 Å². The summed E-state index contributed by atoms with van der Waals surface area (Å²) in [6, 6.07) is 3.69. The number of benzene rings is 1. The molecule has 2 rings (SSSR count). The van der Waals surface area contributed by atoms with Gasteiger partial charge in [-0.25, -0.2) is 0 Å². The molecule has 0 aromatic heterocycles. The largest absolute Gasteiger partial charge is 0.508 e. The number of carbonyl (C=O) groups is 1. The molecule has 1 aliphatic rings. The number of aliphatic hydroxyl groups excluding tert-OH is 1. The predicted octanol–water partition coefficient (Wildman–Crippen LogP) is 0.887. The van der Waals surface area contributed by atoms with Crippen LogP contribution in [-0.2, 0) is 4.79 Å². The minimum atomic E-state index is -0.939. The highest BCUT2D eigenvalue weighted by molar-refractivity contribution is 5.77. The number of hydrogen-bond acceptors (Lipinski definition) is 4. The fourth-order valence-corrected chi connectivity index (χ4v) is 2.32. The number of aliphatic carboxylic acids is 1. The van der Waals surface area contributed by atoms with E-state index in [0.717, 1.165) is 0 Å². The molecule has 17 heavy (non-hydrogen) atoms. The third kappa shape index (κ3) is 1.99. The van der Waals surface area contributed by atoms with Gasteiger partial charge in [0.05, 0.1) is 6.10 Å². The summed E-state index contributed by atoms with van der Waals surface area (Å²) >= 11 is 0. The first kappa shape index (κ1) is 11.9. The van der Waals surface area contributed by atoms with Crippen LogP contribution in [0, 0.1) is 0 Å². The highest BCUT2D eigenvalue weighted by Crippen LogP contribution is 2.36. The maximum atomic E-state index is 11.3. The third-order valence-electron chi connectivity index (χ3n) is 3.14. The molecule has 1 aliphatic heterocycles. The Balaban J connectivity index is 2.52. The molecule has 0 saturated carbocycles. The van der Waals surface area contributed by atoms with Gasteiger partial charge in [0.2, 0.25) is 0 Å². The third-order valence-corrected chi connectivity index (χ3v) is 3.14. The maximum Gasteiger partial charge on any atom is 0.325 e. The van der Waals surface area contributed by atoms with Crippen molar-refractivity contribution >= 4 is 5.97 Å². The van der Waals surface area contributed by atoms with Gasteiger partial charge in [-0.1, -0.05) is 13.0 Å². The Morgan fingerprint density at radius 2 is 2.18 bits per heavy atom. The average molecular weight is 237 g/mol. The van der Waals surface area contributed by atoms with Crippen molar-refractivity contribution in [2.45, 2.75) is 19.1 Å². The van der Waals surface area contributed by atoms with Gasteiger partial charge in [0.15, 0.2) is 0 Å². The van der Waals surface area contributed by atoms with Crippen molar-refractivity contribution in [2.24, 2.45) is 0 Å². The SMILES string of the molecule is CCN1C[C@H](O)c2cc(O)ccc2[C@H]1C(=O)O. The van der Waals surface area contributed by atoms with Crippen LogP contribution < -0.4 is 0 Å². The number of aromatic hydroxyl groups is 1. The van der Waals surface area contributed by atoms with E-state index in [-0.39, 0.29) is 12.3 Å². The molecule has 3 N–H and O–H groups in total. The molecule has 0 aliphatic carbocycles. The summed E-state index contributed by atoms with van der Waals surface area (Å²) in [5.74, 6) is -0.900. The number of carboxylic acid groups (broad SMARTS) is 1. The number of likely N-dealkylation sites (N-methyl/N-ethyl adjacent to an activating group) is 1. The molecular weight excluding hydrogens is 222 g/mol. The summed E-state index contributed by atoms with van der Waals surface area (Å²) in [6.45, 7) is 2.67. The molecule has 0 spiro atoms. The van der Waals surface area contributed by atoms with Crippen molar-refractivity contribution in [2.75, 3.05) is 13.1 Å². The van der Waals surface area contributed by atoms with Gasteiger partial charge in [-0.3, -0.25) is 9.69 Å². The Labute approximate surface area is 98.9 Å². The minimum Gasteiger partial charge on any atom is -0.508 e. The van der Waals surface area contributed by atoms with Gasteiger partial charge in [-0.15, -0.1) is 0 Å². The van der Waals surface area contributed by atoms with Gasteiger partial charge in [0.1, 0.15) is 11.8 Å². The summed E-state index contributed by atoms with van der Waals surface area (Å²) in [5, 5.41) is 28.6. The second-order valence-corrected chi connectivity index (χ2v) is 4.16. The number of rotatable bonds is 2. The van der Waals surface area contributed by atoms with Gasteiger partial charge in [0.25, 0.3) is 0 Å². The molecule has 0 radical (unpaired) electrons. The van der Waals surface area contributed by atoms with Gasteiger partial charge >= 0.3 is 5.97 Å². The molecule has 5 nitrogen and oxygen atoms in total. The van der Waals surface area contributed by atoms with Crippen molar-refractivity contribution < 1.29 is 20.1 Å². The van der Waals surface area contributed by atoms with Crippen LogP contribution in [0.5, 0.6) is 5.75 Å². The molecule has 92 valence electrons. The molecule has 1 aromatic carbocycles. The number of phenolic OH excluding ortho intramolecular Hbond substituents is 1. The van der Waals surface area contributed by atoms with Crippen molar-refractivity contribution in [1.29, 1.82) is 0 Å². The molecule has 1 heterocycles. The number of carboxylic acids is 1. The van der Waals surface area contributed by atoms with Crippen LogP contribution in [-0.4, -0.2) is 39.3 Å². The number of nitrogens with zero attached hydrogens (tertiary/aromatic N) is 1. The summed E-state index contributed by atoms with van der Waals surface area (Å²) in [6.07, 6.45) is -0.757. The lowest BCUT2D eigenvalue weighted by Gasteiger charge is -2.36.